The van der Waals surface area contributed by atoms with Crippen LogP contribution in [0.1, 0.15) is 11.3 Å². The quantitative estimate of drug-likeness (QED) is 0.449. The molecule has 1 heterocycles. The number of pyridine rings is 1. The van der Waals surface area contributed by atoms with Gasteiger partial charge >= 0.3 is 12.3 Å². The number of hydrogen-bond donors (Lipinski definition) is 0. The van der Waals surface area contributed by atoms with Crippen molar-refractivity contribution in [2.24, 2.45) is 0 Å². The summed E-state index contributed by atoms with van der Waals surface area (Å²) in [6.45, 7) is -1.04. The molecule has 4 nitrogen and oxygen atoms in total. The molecule has 1 rings (SSSR count). The van der Waals surface area contributed by atoms with E-state index in [1.54, 1.807) is 22.6 Å². The predicted molar refractivity (Wildman–Crippen MR) is 64.2 cm³/mol. The van der Waals surface area contributed by atoms with E-state index in [1.165, 1.54) is 6.07 Å². The molecule has 0 unspecified atom stereocenters. The molecule has 0 aliphatic heterocycles. The zero-order valence-electron chi connectivity index (χ0n) is 9.55. The van der Waals surface area contributed by atoms with Crippen LogP contribution in [0, 0.1) is 3.57 Å². The van der Waals surface area contributed by atoms with Crippen LogP contribution < -0.4 is 4.74 Å². The van der Waals surface area contributed by atoms with Gasteiger partial charge in [-0.25, -0.2) is 9.37 Å². The van der Waals surface area contributed by atoms with Crippen LogP contribution in [0.3, 0.4) is 0 Å². The number of aromatic nitrogens is 1. The minimum absolute atomic E-state index is 0.0954. The second kappa shape index (κ2) is 6.35. The fraction of sp³-hybridized carbons (Fsp3) is 0.400. The smallest absolute Gasteiger partial charge is 0.469 e. The van der Waals surface area contributed by atoms with Crippen molar-refractivity contribution in [3.8, 4) is 5.88 Å². The fourth-order valence-electron chi connectivity index (χ4n) is 1.20. The summed E-state index contributed by atoms with van der Waals surface area (Å²) in [6.07, 6.45) is -5.42. The molecule has 0 fully saturated rings. The molecule has 0 amide bonds. The van der Waals surface area contributed by atoms with Crippen LogP contribution in [0.4, 0.5) is 17.6 Å². The summed E-state index contributed by atoms with van der Waals surface area (Å²) in [4.78, 5) is 14.5. The van der Waals surface area contributed by atoms with E-state index in [0.717, 1.165) is 7.11 Å². The minimum atomic E-state index is -4.98. The van der Waals surface area contributed by atoms with Crippen molar-refractivity contribution in [1.82, 2.24) is 4.98 Å². The van der Waals surface area contributed by atoms with Crippen molar-refractivity contribution < 1.29 is 31.8 Å². The van der Waals surface area contributed by atoms with Gasteiger partial charge in [-0.2, -0.15) is 0 Å². The van der Waals surface area contributed by atoms with Gasteiger partial charge in [-0.3, -0.25) is 4.79 Å². The van der Waals surface area contributed by atoms with Gasteiger partial charge in [-0.15, -0.1) is 13.2 Å². The van der Waals surface area contributed by atoms with Crippen LogP contribution in [0.2, 0.25) is 0 Å². The first-order chi connectivity index (χ1) is 8.76. The largest absolute Gasteiger partial charge is 0.574 e. The Hall–Kier alpha value is -1.13. The minimum Gasteiger partial charge on any atom is -0.469 e. The molecule has 19 heavy (non-hydrogen) atoms. The normalized spacial score (nSPS) is 11.3. The molecule has 0 bridgehead atoms. The highest BCUT2D eigenvalue weighted by molar-refractivity contribution is 14.1. The molecule has 0 aliphatic rings. The van der Waals surface area contributed by atoms with Crippen molar-refractivity contribution in [3.05, 3.63) is 20.9 Å². The van der Waals surface area contributed by atoms with E-state index in [0.29, 0.717) is 0 Å². The molecule has 0 atom stereocenters. The maximum atomic E-state index is 12.5. The number of ether oxygens (including phenoxy) is 2. The van der Waals surface area contributed by atoms with Gasteiger partial charge in [0.2, 0.25) is 5.88 Å². The van der Waals surface area contributed by atoms with Crippen LogP contribution in [0.15, 0.2) is 6.07 Å². The number of esters is 1. The molecular weight excluding hydrogens is 385 g/mol. The number of hydrogen-bond acceptors (Lipinski definition) is 4. The topological polar surface area (TPSA) is 48.4 Å². The van der Waals surface area contributed by atoms with Gasteiger partial charge in [0.1, 0.15) is 6.67 Å². The Labute approximate surface area is 119 Å². The van der Waals surface area contributed by atoms with Crippen LogP contribution in [-0.4, -0.2) is 24.4 Å². The van der Waals surface area contributed by atoms with E-state index in [9.17, 15) is 22.4 Å². The summed E-state index contributed by atoms with van der Waals surface area (Å²) >= 11 is 1.67. The Morgan fingerprint density at radius 3 is 2.58 bits per heavy atom. The Bertz CT molecular complexity index is 479. The first kappa shape index (κ1) is 15.9. The highest BCUT2D eigenvalue weighted by atomic mass is 127. The fourth-order valence-corrected chi connectivity index (χ4v) is 1.99. The van der Waals surface area contributed by atoms with Crippen LogP contribution in [0.25, 0.3) is 0 Å². The van der Waals surface area contributed by atoms with Gasteiger partial charge in [-0.05, 0) is 28.7 Å². The lowest BCUT2D eigenvalue weighted by Gasteiger charge is -2.14. The van der Waals surface area contributed by atoms with Gasteiger partial charge in [0, 0.05) is 9.13 Å². The number of methoxy groups -OCH3 is 1. The van der Waals surface area contributed by atoms with Crippen LogP contribution in [-0.2, 0) is 22.6 Å². The standard InChI is InChI=1S/C10H8F4INO3/c1-18-8(17)3-6-7(15)2-5(4-11)16-9(6)19-10(12,13)14/h2H,3-4H2,1H3. The van der Waals surface area contributed by atoms with Gasteiger partial charge in [0.05, 0.1) is 19.2 Å². The molecule has 0 spiro atoms. The van der Waals surface area contributed by atoms with E-state index in [4.69, 9.17) is 0 Å². The Balaban J connectivity index is 3.21. The average Bonchev–Trinajstić information content (AvgIpc) is 2.30. The molecule has 0 N–H and O–H groups in total. The monoisotopic (exact) mass is 393 g/mol. The number of nitrogens with zero attached hydrogens (tertiary/aromatic N) is 1. The number of carbonyl (C=O) groups is 1. The molecule has 0 radical (unpaired) electrons. The zero-order chi connectivity index (χ0) is 14.6. The number of alkyl halides is 4. The van der Waals surface area contributed by atoms with Crippen LogP contribution >= 0.6 is 22.6 Å². The Kier molecular flexibility index (Phi) is 5.32. The SMILES string of the molecule is COC(=O)Cc1c(I)cc(CF)nc1OC(F)(F)F. The van der Waals surface area contributed by atoms with E-state index in [1.807, 2.05) is 0 Å². The third kappa shape index (κ3) is 4.80. The maximum absolute atomic E-state index is 12.5. The van der Waals surface area contributed by atoms with Crippen molar-refractivity contribution >= 4 is 28.6 Å². The summed E-state index contributed by atoms with van der Waals surface area (Å²) in [5.41, 5.74) is -0.306. The lowest BCUT2D eigenvalue weighted by Crippen LogP contribution is -2.21. The van der Waals surface area contributed by atoms with Crippen molar-refractivity contribution in [2.75, 3.05) is 7.11 Å². The summed E-state index contributed by atoms with van der Waals surface area (Å²) in [6, 6.07) is 1.24. The molecule has 1 aromatic rings. The van der Waals surface area contributed by atoms with Gasteiger partial charge in [0.15, 0.2) is 0 Å². The lowest BCUT2D eigenvalue weighted by atomic mass is 10.2. The summed E-state index contributed by atoms with van der Waals surface area (Å²) in [7, 11) is 1.10. The Morgan fingerprint density at radius 1 is 1.47 bits per heavy atom. The second-order valence-electron chi connectivity index (χ2n) is 3.31. The molecule has 0 saturated heterocycles. The first-order valence-electron chi connectivity index (χ1n) is 4.83. The molecule has 0 aliphatic carbocycles. The second-order valence-corrected chi connectivity index (χ2v) is 4.48. The summed E-state index contributed by atoms with van der Waals surface area (Å²) in [5.74, 6) is -1.59. The molecule has 1 aromatic heterocycles. The molecular formula is C10H8F4INO3. The lowest BCUT2D eigenvalue weighted by molar-refractivity contribution is -0.276. The summed E-state index contributed by atoms with van der Waals surface area (Å²) < 4.78 is 57.5. The molecule has 0 saturated carbocycles. The van der Waals surface area contributed by atoms with Gasteiger partial charge in [0.25, 0.3) is 0 Å². The third-order valence-electron chi connectivity index (χ3n) is 1.98. The highest BCUT2D eigenvalue weighted by Gasteiger charge is 2.34. The van der Waals surface area contributed by atoms with Gasteiger partial charge in [-0.1, -0.05) is 0 Å². The summed E-state index contributed by atoms with van der Waals surface area (Å²) in [5, 5.41) is 0. The van der Waals surface area contributed by atoms with Gasteiger partial charge < -0.3 is 9.47 Å². The number of rotatable bonds is 4. The van der Waals surface area contributed by atoms with Crippen molar-refractivity contribution in [2.45, 2.75) is 19.5 Å². The molecule has 106 valence electrons. The third-order valence-corrected chi connectivity index (χ3v) is 2.95. The van der Waals surface area contributed by atoms with E-state index < -0.39 is 31.3 Å². The Morgan fingerprint density at radius 2 is 2.11 bits per heavy atom. The van der Waals surface area contributed by atoms with Crippen molar-refractivity contribution in [1.29, 1.82) is 0 Å². The maximum Gasteiger partial charge on any atom is 0.574 e. The predicted octanol–water partition coefficient (Wildman–Crippen LogP) is 2.77. The van der Waals surface area contributed by atoms with E-state index >= 15 is 0 Å². The van der Waals surface area contributed by atoms with E-state index in [2.05, 4.69) is 14.5 Å². The zero-order valence-corrected chi connectivity index (χ0v) is 11.7. The van der Waals surface area contributed by atoms with E-state index in [-0.39, 0.29) is 14.8 Å². The molecule has 0 aromatic carbocycles. The average molecular weight is 393 g/mol. The highest BCUT2D eigenvalue weighted by Crippen LogP contribution is 2.29. The number of halogens is 5. The van der Waals surface area contributed by atoms with Crippen molar-refractivity contribution in [3.63, 3.8) is 0 Å². The molecule has 9 heteroatoms. The first-order valence-corrected chi connectivity index (χ1v) is 5.91. The number of carbonyl (C=O) groups excluding carboxylic acids is 1. The van der Waals surface area contributed by atoms with Crippen LogP contribution in [0.5, 0.6) is 5.88 Å².